The van der Waals surface area contributed by atoms with Crippen molar-refractivity contribution in [3.8, 4) is 5.75 Å². The van der Waals surface area contributed by atoms with Gasteiger partial charge in [0.1, 0.15) is 5.75 Å². The minimum atomic E-state index is 0.369. The fourth-order valence-corrected chi connectivity index (χ4v) is 2.76. The second-order valence-electron chi connectivity index (χ2n) is 6.49. The summed E-state index contributed by atoms with van der Waals surface area (Å²) < 4.78 is 6.30. The van der Waals surface area contributed by atoms with Gasteiger partial charge in [-0.15, -0.1) is 0 Å². The van der Waals surface area contributed by atoms with Gasteiger partial charge in [-0.3, -0.25) is 0 Å². The van der Waals surface area contributed by atoms with Crippen LogP contribution >= 0.6 is 15.9 Å². The van der Waals surface area contributed by atoms with Crippen LogP contribution < -0.4 is 10.1 Å². The van der Waals surface area contributed by atoms with E-state index in [0.717, 1.165) is 23.2 Å². The lowest BCUT2D eigenvalue weighted by molar-refractivity contribution is 0.298. The number of hydrogen-bond acceptors (Lipinski definition) is 2. The molecule has 3 heteroatoms. The van der Waals surface area contributed by atoms with E-state index >= 15 is 0 Å². The summed E-state index contributed by atoms with van der Waals surface area (Å²) in [6.07, 6.45) is 3.52. The van der Waals surface area contributed by atoms with Crippen LogP contribution in [0.15, 0.2) is 22.7 Å². The van der Waals surface area contributed by atoms with Gasteiger partial charge in [0.25, 0.3) is 0 Å². The molecule has 0 saturated carbocycles. The van der Waals surface area contributed by atoms with Crippen LogP contribution in [0.1, 0.15) is 46.1 Å². The number of nitrogens with one attached hydrogen (secondary N) is 1. The molecule has 0 spiro atoms. The summed E-state index contributed by atoms with van der Waals surface area (Å²) >= 11 is 3.55. The van der Waals surface area contributed by atoms with E-state index in [1.165, 1.54) is 18.4 Å². The summed E-state index contributed by atoms with van der Waals surface area (Å²) in [4.78, 5) is 0. The molecule has 0 bridgehead atoms. The highest BCUT2D eigenvalue weighted by atomic mass is 79.9. The number of aryl methyl sites for hydroxylation is 1. The van der Waals surface area contributed by atoms with Gasteiger partial charge in [0.15, 0.2) is 0 Å². The van der Waals surface area contributed by atoms with Crippen molar-refractivity contribution in [3.05, 3.63) is 28.2 Å². The highest BCUT2D eigenvalue weighted by Gasteiger charge is 2.17. The largest absolute Gasteiger partial charge is 0.496 e. The van der Waals surface area contributed by atoms with Gasteiger partial charge in [-0.2, -0.15) is 0 Å². The minimum Gasteiger partial charge on any atom is -0.496 e. The molecule has 20 heavy (non-hydrogen) atoms. The summed E-state index contributed by atoms with van der Waals surface area (Å²) in [6.45, 7) is 10.2. The molecule has 0 aliphatic rings. The first-order valence-electron chi connectivity index (χ1n) is 7.40. The van der Waals surface area contributed by atoms with Crippen LogP contribution in [0.4, 0.5) is 0 Å². The van der Waals surface area contributed by atoms with E-state index in [1.54, 1.807) is 7.11 Å². The molecular formula is C17H28BrNO. The Morgan fingerprint density at radius 1 is 1.25 bits per heavy atom. The van der Waals surface area contributed by atoms with Crippen molar-refractivity contribution in [2.45, 2.75) is 53.0 Å². The van der Waals surface area contributed by atoms with Crippen molar-refractivity contribution in [2.75, 3.05) is 13.7 Å². The minimum absolute atomic E-state index is 0.369. The van der Waals surface area contributed by atoms with Crippen LogP contribution in [0.2, 0.25) is 0 Å². The lowest BCUT2D eigenvalue weighted by Gasteiger charge is -2.25. The van der Waals surface area contributed by atoms with Crippen molar-refractivity contribution < 1.29 is 4.74 Å². The van der Waals surface area contributed by atoms with Crippen LogP contribution in [0.25, 0.3) is 0 Å². The Morgan fingerprint density at radius 3 is 2.50 bits per heavy atom. The zero-order valence-electron chi connectivity index (χ0n) is 13.4. The van der Waals surface area contributed by atoms with Gasteiger partial charge in [0.2, 0.25) is 0 Å². The number of methoxy groups -OCH3 is 1. The Bertz CT molecular complexity index is 415. The van der Waals surface area contributed by atoms with Gasteiger partial charge in [-0.25, -0.2) is 0 Å². The Morgan fingerprint density at radius 2 is 1.95 bits per heavy atom. The van der Waals surface area contributed by atoms with E-state index in [0.29, 0.717) is 11.5 Å². The third kappa shape index (κ3) is 6.27. The molecule has 0 aromatic heterocycles. The van der Waals surface area contributed by atoms with Crippen molar-refractivity contribution in [3.63, 3.8) is 0 Å². The smallest absolute Gasteiger partial charge is 0.133 e. The molecule has 1 rings (SSSR count). The van der Waals surface area contributed by atoms with Crippen LogP contribution in [-0.4, -0.2) is 19.7 Å². The number of halogens is 1. The van der Waals surface area contributed by atoms with Crippen molar-refractivity contribution >= 4 is 15.9 Å². The summed E-state index contributed by atoms with van der Waals surface area (Å²) in [5.41, 5.74) is 1.73. The van der Waals surface area contributed by atoms with Crippen LogP contribution in [0.3, 0.4) is 0 Å². The fourth-order valence-electron chi connectivity index (χ4n) is 2.17. The summed E-state index contributed by atoms with van der Waals surface area (Å²) in [5, 5.41) is 3.50. The Balaban J connectivity index is 2.46. The van der Waals surface area contributed by atoms with Gasteiger partial charge >= 0.3 is 0 Å². The summed E-state index contributed by atoms with van der Waals surface area (Å²) in [6, 6.07) is 6.93. The number of rotatable bonds is 8. The summed E-state index contributed by atoms with van der Waals surface area (Å²) in [7, 11) is 1.70. The lowest BCUT2D eigenvalue weighted by Crippen LogP contribution is -2.28. The van der Waals surface area contributed by atoms with E-state index in [1.807, 2.05) is 6.07 Å². The zero-order valence-corrected chi connectivity index (χ0v) is 15.0. The maximum Gasteiger partial charge on any atom is 0.133 e. The first-order chi connectivity index (χ1) is 9.34. The van der Waals surface area contributed by atoms with Gasteiger partial charge in [-0.05, 0) is 64.8 Å². The molecule has 1 aromatic carbocycles. The SMILES string of the molecule is COc1ccc(CCC(C)(C)CCNC(C)C)cc1Br. The molecule has 0 heterocycles. The van der Waals surface area contributed by atoms with Gasteiger partial charge in [0, 0.05) is 6.04 Å². The van der Waals surface area contributed by atoms with Crippen molar-refractivity contribution in [1.82, 2.24) is 5.32 Å². The topological polar surface area (TPSA) is 21.3 Å². The van der Waals surface area contributed by atoms with Crippen LogP contribution in [-0.2, 0) is 6.42 Å². The molecule has 0 fully saturated rings. The van der Waals surface area contributed by atoms with Gasteiger partial charge in [-0.1, -0.05) is 33.8 Å². The number of hydrogen-bond donors (Lipinski definition) is 1. The molecule has 2 nitrogen and oxygen atoms in total. The predicted octanol–water partition coefficient (Wildman–Crippen LogP) is 4.80. The normalized spacial score (nSPS) is 11.9. The van der Waals surface area contributed by atoms with E-state index in [2.05, 4.69) is 61.1 Å². The first kappa shape index (κ1) is 17.5. The molecule has 0 unspecified atom stereocenters. The molecule has 1 N–H and O–H groups in total. The monoisotopic (exact) mass is 341 g/mol. The number of ether oxygens (including phenoxy) is 1. The molecule has 0 saturated heterocycles. The van der Waals surface area contributed by atoms with E-state index in [4.69, 9.17) is 4.74 Å². The van der Waals surface area contributed by atoms with E-state index < -0.39 is 0 Å². The fraction of sp³-hybridized carbons (Fsp3) is 0.647. The van der Waals surface area contributed by atoms with E-state index in [-0.39, 0.29) is 0 Å². The average molecular weight is 342 g/mol. The highest BCUT2D eigenvalue weighted by Crippen LogP contribution is 2.30. The third-order valence-electron chi connectivity index (χ3n) is 3.66. The quantitative estimate of drug-likeness (QED) is 0.732. The molecule has 1 aromatic rings. The standard InChI is InChI=1S/C17H28BrNO/c1-13(2)19-11-10-17(3,4)9-8-14-6-7-16(20-5)15(18)12-14/h6-7,12-13,19H,8-11H2,1-5H3. The zero-order chi connectivity index (χ0) is 15.2. The molecule has 0 aliphatic heterocycles. The van der Waals surface area contributed by atoms with Gasteiger partial charge < -0.3 is 10.1 Å². The average Bonchev–Trinajstić information content (AvgIpc) is 2.36. The molecule has 0 atom stereocenters. The molecular weight excluding hydrogens is 314 g/mol. The van der Waals surface area contributed by atoms with Gasteiger partial charge in [0.05, 0.1) is 11.6 Å². The number of benzene rings is 1. The van der Waals surface area contributed by atoms with Crippen molar-refractivity contribution in [2.24, 2.45) is 5.41 Å². The lowest BCUT2D eigenvalue weighted by atomic mass is 9.83. The second-order valence-corrected chi connectivity index (χ2v) is 7.35. The van der Waals surface area contributed by atoms with E-state index in [9.17, 15) is 0 Å². The second kappa shape index (κ2) is 8.04. The van der Waals surface area contributed by atoms with Crippen molar-refractivity contribution in [1.29, 1.82) is 0 Å². The Kier molecular flexibility index (Phi) is 7.04. The van der Waals surface area contributed by atoms with Crippen LogP contribution in [0, 0.1) is 5.41 Å². The summed E-state index contributed by atoms with van der Waals surface area (Å²) in [5.74, 6) is 0.897. The molecule has 0 aliphatic carbocycles. The predicted molar refractivity (Wildman–Crippen MR) is 90.6 cm³/mol. The molecule has 0 radical (unpaired) electrons. The maximum atomic E-state index is 5.27. The Hall–Kier alpha value is -0.540. The maximum absolute atomic E-state index is 5.27. The molecule has 114 valence electrons. The van der Waals surface area contributed by atoms with Crippen LogP contribution in [0.5, 0.6) is 5.75 Å². The Labute approximate surface area is 132 Å². The highest BCUT2D eigenvalue weighted by molar-refractivity contribution is 9.10. The molecule has 0 amide bonds. The first-order valence-corrected chi connectivity index (χ1v) is 8.19. The third-order valence-corrected chi connectivity index (χ3v) is 4.28.